The van der Waals surface area contributed by atoms with Crippen LogP contribution in [0.3, 0.4) is 0 Å². The molecule has 2 aliphatic heterocycles. The zero-order valence-corrected chi connectivity index (χ0v) is 12.0. The Hall–Kier alpha value is -0.340. The first kappa shape index (κ1) is 18.0. The summed E-state index contributed by atoms with van der Waals surface area (Å²) < 4.78 is 10.0. The first-order valence-electron chi connectivity index (χ1n) is 6.60. The molecule has 1 saturated heterocycles. The van der Waals surface area contributed by atoms with Crippen molar-refractivity contribution < 1.29 is 9.47 Å². The normalized spacial score (nSPS) is 21.6. The summed E-state index contributed by atoms with van der Waals surface area (Å²) in [7, 11) is 0. The van der Waals surface area contributed by atoms with Crippen molar-refractivity contribution in [1.82, 2.24) is 0 Å². The smallest absolute Gasteiger partial charge is 0.0679 e. The van der Waals surface area contributed by atoms with Gasteiger partial charge in [-0.15, -0.1) is 0 Å². The van der Waals surface area contributed by atoms with E-state index in [0.29, 0.717) is 0 Å². The van der Waals surface area contributed by atoms with E-state index in [1.54, 1.807) is 0 Å². The quantitative estimate of drug-likeness (QED) is 0.584. The maximum atomic E-state index is 5.06. The van der Waals surface area contributed by atoms with E-state index in [0.717, 1.165) is 32.3 Å². The molecule has 1 fully saturated rings. The summed E-state index contributed by atoms with van der Waals surface area (Å²) in [6.45, 7) is 15.9. The van der Waals surface area contributed by atoms with E-state index >= 15 is 0 Å². The third-order valence-corrected chi connectivity index (χ3v) is 2.04. The number of ether oxygens (including phenoxy) is 2. The Labute approximate surface area is 102 Å². The summed E-state index contributed by atoms with van der Waals surface area (Å²) in [5.74, 6) is 0.824. The lowest BCUT2D eigenvalue weighted by Crippen LogP contribution is -1.88. The minimum absolute atomic E-state index is 0.824. The summed E-state index contributed by atoms with van der Waals surface area (Å²) in [6, 6.07) is 0. The monoisotopic (exact) mass is 230 g/mol. The summed E-state index contributed by atoms with van der Waals surface area (Å²) in [5.41, 5.74) is 1.36. The molecule has 2 heteroatoms. The number of hydrogen-bond donors (Lipinski definition) is 0. The molecule has 0 amide bonds. The Morgan fingerprint density at radius 2 is 1.75 bits per heavy atom. The second kappa shape index (κ2) is 14.7. The van der Waals surface area contributed by atoms with Gasteiger partial charge in [-0.25, -0.2) is 0 Å². The van der Waals surface area contributed by atoms with Gasteiger partial charge in [-0.05, 0) is 24.8 Å². The SMILES string of the molecule is CC.CC.CC1=CCOC1.CC1CCOC1. The van der Waals surface area contributed by atoms with Crippen LogP contribution < -0.4 is 0 Å². The highest BCUT2D eigenvalue weighted by atomic mass is 16.5. The minimum Gasteiger partial charge on any atom is -0.381 e. The van der Waals surface area contributed by atoms with Crippen LogP contribution >= 0.6 is 0 Å². The van der Waals surface area contributed by atoms with Crippen molar-refractivity contribution in [3.63, 3.8) is 0 Å². The number of hydrogen-bond acceptors (Lipinski definition) is 2. The molecule has 0 aromatic heterocycles. The largest absolute Gasteiger partial charge is 0.381 e. The van der Waals surface area contributed by atoms with Gasteiger partial charge in [0.05, 0.1) is 13.2 Å². The van der Waals surface area contributed by atoms with Crippen molar-refractivity contribution in [2.24, 2.45) is 5.92 Å². The molecule has 2 aliphatic rings. The van der Waals surface area contributed by atoms with E-state index in [4.69, 9.17) is 9.47 Å². The van der Waals surface area contributed by atoms with E-state index in [9.17, 15) is 0 Å². The van der Waals surface area contributed by atoms with Crippen molar-refractivity contribution in [3.05, 3.63) is 11.6 Å². The first-order chi connectivity index (χ1) is 7.79. The fraction of sp³-hybridized carbons (Fsp3) is 0.857. The molecular weight excluding hydrogens is 200 g/mol. The molecule has 0 radical (unpaired) electrons. The number of rotatable bonds is 0. The summed E-state index contributed by atoms with van der Waals surface area (Å²) in [6.07, 6.45) is 3.36. The van der Waals surface area contributed by atoms with Crippen LogP contribution in [0.5, 0.6) is 0 Å². The van der Waals surface area contributed by atoms with Crippen LogP contribution in [0, 0.1) is 5.92 Å². The van der Waals surface area contributed by atoms with Crippen LogP contribution in [0.1, 0.15) is 48.0 Å². The van der Waals surface area contributed by atoms with Crippen molar-refractivity contribution in [2.45, 2.75) is 48.0 Å². The van der Waals surface area contributed by atoms with Crippen LogP contribution in [0.2, 0.25) is 0 Å². The van der Waals surface area contributed by atoms with Gasteiger partial charge in [0.2, 0.25) is 0 Å². The molecule has 2 rings (SSSR count). The Bertz CT molecular complexity index is 147. The fourth-order valence-electron chi connectivity index (χ4n) is 1.13. The molecule has 16 heavy (non-hydrogen) atoms. The molecule has 2 heterocycles. The van der Waals surface area contributed by atoms with Crippen molar-refractivity contribution in [2.75, 3.05) is 26.4 Å². The van der Waals surface area contributed by atoms with Gasteiger partial charge in [-0.1, -0.05) is 40.7 Å². The second-order valence-electron chi connectivity index (χ2n) is 3.53. The lowest BCUT2D eigenvalue weighted by Gasteiger charge is -1.89. The summed E-state index contributed by atoms with van der Waals surface area (Å²) in [4.78, 5) is 0. The van der Waals surface area contributed by atoms with Crippen LogP contribution in [0.15, 0.2) is 11.6 Å². The van der Waals surface area contributed by atoms with Crippen molar-refractivity contribution >= 4 is 0 Å². The van der Waals surface area contributed by atoms with Crippen LogP contribution in [-0.4, -0.2) is 26.4 Å². The van der Waals surface area contributed by atoms with Crippen LogP contribution in [0.25, 0.3) is 0 Å². The molecule has 1 atom stereocenters. The molecule has 1 unspecified atom stereocenters. The lowest BCUT2D eigenvalue weighted by molar-refractivity contribution is 0.188. The predicted octanol–water partition coefficient (Wildman–Crippen LogP) is 4.06. The first-order valence-corrected chi connectivity index (χ1v) is 6.60. The fourth-order valence-corrected chi connectivity index (χ4v) is 1.13. The van der Waals surface area contributed by atoms with Crippen LogP contribution in [0.4, 0.5) is 0 Å². The van der Waals surface area contributed by atoms with E-state index in [1.165, 1.54) is 12.0 Å². The molecule has 0 saturated carbocycles. The highest BCUT2D eigenvalue weighted by Gasteiger charge is 2.07. The van der Waals surface area contributed by atoms with E-state index < -0.39 is 0 Å². The van der Waals surface area contributed by atoms with Crippen molar-refractivity contribution in [3.8, 4) is 0 Å². The molecule has 0 N–H and O–H groups in total. The van der Waals surface area contributed by atoms with Gasteiger partial charge in [0.25, 0.3) is 0 Å². The van der Waals surface area contributed by atoms with E-state index in [-0.39, 0.29) is 0 Å². The average Bonchev–Trinajstić information content (AvgIpc) is 2.98. The Balaban J connectivity index is 0. The molecular formula is C14H30O2. The van der Waals surface area contributed by atoms with Gasteiger partial charge in [0.1, 0.15) is 0 Å². The predicted molar refractivity (Wildman–Crippen MR) is 71.9 cm³/mol. The average molecular weight is 230 g/mol. The molecule has 0 bridgehead atoms. The van der Waals surface area contributed by atoms with Crippen molar-refractivity contribution in [1.29, 1.82) is 0 Å². The summed E-state index contributed by atoms with van der Waals surface area (Å²) in [5, 5.41) is 0. The van der Waals surface area contributed by atoms with Gasteiger partial charge >= 0.3 is 0 Å². The molecule has 98 valence electrons. The maximum absolute atomic E-state index is 5.06. The van der Waals surface area contributed by atoms with E-state index in [1.807, 2.05) is 27.7 Å². The third kappa shape index (κ3) is 11.7. The van der Waals surface area contributed by atoms with Gasteiger partial charge in [0.15, 0.2) is 0 Å². The van der Waals surface area contributed by atoms with Gasteiger partial charge in [-0.3, -0.25) is 0 Å². The van der Waals surface area contributed by atoms with Crippen LogP contribution in [-0.2, 0) is 9.47 Å². The van der Waals surface area contributed by atoms with Gasteiger partial charge < -0.3 is 9.47 Å². The zero-order chi connectivity index (χ0) is 12.8. The Morgan fingerprint density at radius 1 is 1.12 bits per heavy atom. The summed E-state index contributed by atoms with van der Waals surface area (Å²) >= 11 is 0. The maximum Gasteiger partial charge on any atom is 0.0679 e. The Kier molecular flexibility index (Phi) is 16.5. The third-order valence-electron chi connectivity index (χ3n) is 2.04. The second-order valence-corrected chi connectivity index (χ2v) is 3.53. The Morgan fingerprint density at radius 3 is 1.88 bits per heavy atom. The molecule has 2 nitrogen and oxygen atoms in total. The minimum atomic E-state index is 0.824. The van der Waals surface area contributed by atoms with Gasteiger partial charge in [0, 0.05) is 13.2 Å². The van der Waals surface area contributed by atoms with E-state index in [2.05, 4.69) is 19.9 Å². The van der Waals surface area contributed by atoms with Gasteiger partial charge in [-0.2, -0.15) is 0 Å². The highest BCUT2D eigenvalue weighted by Crippen LogP contribution is 2.09. The lowest BCUT2D eigenvalue weighted by atomic mass is 10.2. The molecule has 0 aromatic carbocycles. The molecule has 0 aliphatic carbocycles. The topological polar surface area (TPSA) is 18.5 Å². The molecule has 0 aromatic rings. The highest BCUT2D eigenvalue weighted by molar-refractivity contribution is 5.02. The standard InChI is InChI=1S/C5H10O.C5H8O.2C2H6/c2*1-5-2-3-6-4-5;2*1-2/h5H,2-4H2,1H3;2H,3-4H2,1H3;2*1-2H3. The zero-order valence-electron chi connectivity index (χ0n) is 12.0. The molecule has 0 spiro atoms.